The highest BCUT2D eigenvalue weighted by Crippen LogP contribution is 2.47. The average Bonchev–Trinajstić information content (AvgIpc) is 3.47. The zero-order valence-corrected chi connectivity index (χ0v) is 14.7. The summed E-state index contributed by atoms with van der Waals surface area (Å²) in [6.07, 6.45) is 5.70. The molecule has 3 atom stereocenters. The molecule has 1 aromatic heterocycles. The Morgan fingerprint density at radius 2 is 2.12 bits per heavy atom. The van der Waals surface area contributed by atoms with E-state index in [-0.39, 0.29) is 11.8 Å². The quantitative estimate of drug-likeness (QED) is 0.914. The van der Waals surface area contributed by atoms with Crippen molar-refractivity contribution in [1.82, 2.24) is 15.2 Å². The lowest BCUT2D eigenvalue weighted by Gasteiger charge is -2.33. The molecule has 0 unspecified atom stereocenters. The van der Waals surface area contributed by atoms with Gasteiger partial charge < -0.3 is 5.32 Å². The summed E-state index contributed by atoms with van der Waals surface area (Å²) in [5.74, 6) is 0.669. The van der Waals surface area contributed by atoms with Gasteiger partial charge in [0.05, 0.1) is 0 Å². The van der Waals surface area contributed by atoms with Crippen molar-refractivity contribution >= 4 is 5.91 Å². The largest absolute Gasteiger partial charge is 0.354 e. The number of benzene rings is 1. The van der Waals surface area contributed by atoms with Gasteiger partial charge in [0.15, 0.2) is 0 Å². The monoisotopic (exact) mass is 335 g/mol. The Labute approximate surface area is 149 Å². The molecule has 4 heteroatoms. The second-order valence-corrected chi connectivity index (χ2v) is 7.32. The van der Waals surface area contributed by atoms with E-state index in [9.17, 15) is 4.79 Å². The van der Waals surface area contributed by atoms with Gasteiger partial charge in [-0.25, -0.2) is 0 Å². The van der Waals surface area contributed by atoms with Crippen LogP contribution in [0.2, 0.25) is 0 Å². The Bertz CT molecular complexity index is 746. The molecular weight excluding hydrogens is 310 g/mol. The summed E-state index contributed by atoms with van der Waals surface area (Å²) in [6, 6.07) is 13.0. The van der Waals surface area contributed by atoms with Crippen molar-refractivity contribution in [1.29, 1.82) is 0 Å². The van der Waals surface area contributed by atoms with E-state index in [4.69, 9.17) is 0 Å². The van der Waals surface area contributed by atoms with Crippen LogP contribution in [-0.2, 0) is 17.8 Å². The minimum Gasteiger partial charge on any atom is -0.354 e. The van der Waals surface area contributed by atoms with E-state index in [2.05, 4.69) is 52.5 Å². The fourth-order valence-electron chi connectivity index (χ4n) is 3.85. The van der Waals surface area contributed by atoms with Gasteiger partial charge >= 0.3 is 0 Å². The molecular formula is C21H25N3O. The topological polar surface area (TPSA) is 45.2 Å². The third-order valence-electron chi connectivity index (χ3n) is 5.60. The molecule has 1 N–H and O–H groups in total. The molecule has 130 valence electrons. The van der Waals surface area contributed by atoms with E-state index in [1.54, 1.807) is 6.20 Å². The number of rotatable bonds is 5. The summed E-state index contributed by atoms with van der Waals surface area (Å²) in [5, 5.41) is 3.16. The first-order valence-electron chi connectivity index (χ1n) is 9.21. The van der Waals surface area contributed by atoms with E-state index in [1.165, 1.54) is 16.7 Å². The Morgan fingerprint density at radius 3 is 2.92 bits per heavy atom. The summed E-state index contributed by atoms with van der Waals surface area (Å²) in [6.45, 7) is 4.97. The van der Waals surface area contributed by atoms with E-state index >= 15 is 0 Å². The Morgan fingerprint density at radius 1 is 1.28 bits per heavy atom. The van der Waals surface area contributed by atoms with Gasteiger partial charge in [0.2, 0.25) is 5.91 Å². The van der Waals surface area contributed by atoms with Gasteiger partial charge in [-0.3, -0.25) is 14.7 Å². The second kappa shape index (κ2) is 6.96. The highest BCUT2D eigenvalue weighted by atomic mass is 16.2. The van der Waals surface area contributed by atoms with Crippen LogP contribution >= 0.6 is 0 Å². The molecule has 0 radical (unpaired) electrons. The fourth-order valence-corrected chi connectivity index (χ4v) is 3.85. The maximum atomic E-state index is 12.4. The first-order valence-corrected chi connectivity index (χ1v) is 9.21. The van der Waals surface area contributed by atoms with Crippen molar-refractivity contribution in [3.05, 3.63) is 65.5 Å². The molecule has 25 heavy (non-hydrogen) atoms. The van der Waals surface area contributed by atoms with Crippen molar-refractivity contribution < 1.29 is 4.79 Å². The van der Waals surface area contributed by atoms with Gasteiger partial charge in [-0.2, -0.15) is 0 Å². The van der Waals surface area contributed by atoms with Crippen LogP contribution in [0.3, 0.4) is 0 Å². The predicted octanol–water partition coefficient (Wildman–Crippen LogP) is 2.75. The average molecular weight is 335 g/mol. The molecule has 1 aliphatic carbocycles. The molecule has 0 spiro atoms. The molecule has 4 rings (SSSR count). The highest BCUT2D eigenvalue weighted by Gasteiger charge is 2.44. The molecule has 4 nitrogen and oxygen atoms in total. The number of carbonyl (C=O) groups is 1. The van der Waals surface area contributed by atoms with Gasteiger partial charge in [0, 0.05) is 44.0 Å². The summed E-state index contributed by atoms with van der Waals surface area (Å²) in [5.41, 5.74) is 4.07. The zero-order chi connectivity index (χ0) is 17.2. The lowest BCUT2D eigenvalue weighted by atomic mass is 9.99. The van der Waals surface area contributed by atoms with Gasteiger partial charge in [-0.1, -0.05) is 30.3 Å². The van der Waals surface area contributed by atoms with Crippen LogP contribution < -0.4 is 5.32 Å². The lowest BCUT2D eigenvalue weighted by molar-refractivity contribution is -0.122. The van der Waals surface area contributed by atoms with Crippen LogP contribution in [0.5, 0.6) is 0 Å². The Hall–Kier alpha value is -2.20. The van der Waals surface area contributed by atoms with Crippen molar-refractivity contribution in [3.63, 3.8) is 0 Å². The standard InChI is InChI=1S/C21H25N3O/c1-15(24-10-8-16-5-2-3-6-18(16)14-24)12-23-21(25)20-11-19(20)17-7-4-9-22-13-17/h2-7,9,13,15,19-20H,8,10-12,14H2,1H3,(H,23,25)/t15-,19+,20+/m1/s1. The van der Waals surface area contributed by atoms with Crippen LogP contribution in [0.1, 0.15) is 36.0 Å². The molecule has 0 saturated heterocycles. The summed E-state index contributed by atoms with van der Waals surface area (Å²) in [4.78, 5) is 19.0. The van der Waals surface area contributed by atoms with Gasteiger partial charge in [0.25, 0.3) is 0 Å². The van der Waals surface area contributed by atoms with Crippen LogP contribution in [0.25, 0.3) is 0 Å². The van der Waals surface area contributed by atoms with Crippen molar-refractivity contribution in [2.75, 3.05) is 13.1 Å². The number of hydrogen-bond acceptors (Lipinski definition) is 3. The van der Waals surface area contributed by atoms with E-state index in [0.29, 0.717) is 12.0 Å². The summed E-state index contributed by atoms with van der Waals surface area (Å²) in [7, 11) is 0. The fraction of sp³-hybridized carbons (Fsp3) is 0.429. The van der Waals surface area contributed by atoms with Crippen molar-refractivity contribution in [2.45, 2.75) is 38.3 Å². The normalized spacial score (nSPS) is 23.6. The molecule has 1 saturated carbocycles. The smallest absolute Gasteiger partial charge is 0.223 e. The van der Waals surface area contributed by atoms with Gasteiger partial charge in [-0.15, -0.1) is 0 Å². The number of aromatic nitrogens is 1. The van der Waals surface area contributed by atoms with Crippen LogP contribution in [0.4, 0.5) is 0 Å². The number of carbonyl (C=O) groups excluding carboxylic acids is 1. The zero-order valence-electron chi connectivity index (χ0n) is 14.7. The SMILES string of the molecule is C[C@H](CNC(=O)[C@H]1C[C@H]1c1cccnc1)N1CCc2ccccc2C1. The molecule has 1 fully saturated rings. The summed E-state index contributed by atoms with van der Waals surface area (Å²) < 4.78 is 0. The number of amides is 1. The number of fused-ring (bicyclic) bond motifs is 1. The summed E-state index contributed by atoms with van der Waals surface area (Å²) >= 11 is 0. The van der Waals surface area contributed by atoms with Crippen LogP contribution in [0.15, 0.2) is 48.8 Å². The van der Waals surface area contributed by atoms with Crippen LogP contribution in [0, 0.1) is 5.92 Å². The number of nitrogens with zero attached hydrogens (tertiary/aromatic N) is 2. The minimum atomic E-state index is 0.124. The molecule has 2 aliphatic rings. The first kappa shape index (κ1) is 16.3. The number of hydrogen-bond donors (Lipinski definition) is 1. The Kier molecular flexibility index (Phi) is 4.53. The Balaban J connectivity index is 1.27. The first-order chi connectivity index (χ1) is 12.2. The van der Waals surface area contributed by atoms with Crippen LogP contribution in [-0.4, -0.2) is 34.9 Å². The lowest BCUT2D eigenvalue weighted by Crippen LogP contribution is -2.44. The molecule has 0 bridgehead atoms. The van der Waals surface area contributed by atoms with Gasteiger partial charge in [-0.05, 0) is 48.4 Å². The van der Waals surface area contributed by atoms with E-state index in [0.717, 1.165) is 32.5 Å². The van der Waals surface area contributed by atoms with E-state index < -0.39 is 0 Å². The highest BCUT2D eigenvalue weighted by molar-refractivity contribution is 5.82. The molecule has 1 aromatic carbocycles. The minimum absolute atomic E-state index is 0.124. The predicted molar refractivity (Wildman–Crippen MR) is 98.1 cm³/mol. The molecule has 1 aliphatic heterocycles. The number of nitrogens with one attached hydrogen (secondary N) is 1. The maximum Gasteiger partial charge on any atom is 0.223 e. The third kappa shape index (κ3) is 3.59. The van der Waals surface area contributed by atoms with Crippen molar-refractivity contribution in [3.8, 4) is 0 Å². The third-order valence-corrected chi connectivity index (χ3v) is 5.60. The molecule has 2 heterocycles. The van der Waals surface area contributed by atoms with E-state index in [1.807, 2.05) is 12.3 Å². The number of pyridine rings is 1. The van der Waals surface area contributed by atoms with Crippen molar-refractivity contribution in [2.24, 2.45) is 5.92 Å². The maximum absolute atomic E-state index is 12.4. The van der Waals surface area contributed by atoms with Gasteiger partial charge in [0.1, 0.15) is 0 Å². The second-order valence-electron chi connectivity index (χ2n) is 7.32. The molecule has 2 aromatic rings. The molecule has 1 amide bonds.